The fraction of sp³-hybridized carbons (Fsp3) is 1.00. The lowest BCUT2D eigenvalue weighted by Crippen LogP contribution is -2.68. The van der Waals surface area contributed by atoms with Crippen LogP contribution in [0.5, 0.6) is 0 Å². The molecule has 112 valence electrons. The zero-order valence-corrected chi connectivity index (χ0v) is 11.8. The average Bonchev–Trinajstić information content (AvgIpc) is 1.96. The Hall–Kier alpha value is -0.143. The first-order valence-corrected chi connectivity index (χ1v) is 7.00. The summed E-state index contributed by atoms with van der Waals surface area (Å²) in [6.07, 6.45) is -4.17. The third-order valence-electron chi connectivity index (χ3n) is 2.59. The lowest BCUT2D eigenvalue weighted by molar-refractivity contribution is -1.07. The second kappa shape index (κ2) is 7.45. The second-order valence-electron chi connectivity index (χ2n) is 4.00. The number of hydrogen-bond donors (Lipinski definition) is 7. The molecule has 0 aliphatic rings. The third kappa shape index (κ3) is 6.15. The number of rotatable bonds is 4. The lowest BCUT2D eigenvalue weighted by Gasteiger charge is -2.46. The Balaban J connectivity index is 0. The van der Waals surface area contributed by atoms with Crippen LogP contribution in [-0.2, 0) is 0 Å². The van der Waals surface area contributed by atoms with Gasteiger partial charge in [-0.05, 0) is 0 Å². The molecule has 4 unspecified atom stereocenters. The van der Waals surface area contributed by atoms with Gasteiger partial charge in [-0.15, -0.1) is 0 Å². The van der Waals surface area contributed by atoms with E-state index in [4.69, 9.17) is 19.2 Å². The minimum absolute atomic E-state index is 0.556. The molecule has 0 radical (unpaired) electrons. The minimum atomic E-state index is -4.86. The van der Waals surface area contributed by atoms with E-state index in [2.05, 4.69) is 0 Å². The Morgan fingerprint density at radius 3 is 0.833 bits per heavy atom. The topological polar surface area (TPSA) is 165 Å². The van der Waals surface area contributed by atoms with Crippen molar-refractivity contribution in [2.24, 2.45) is 0 Å². The van der Waals surface area contributed by atoms with Crippen LogP contribution < -0.4 is 4.80 Å². The van der Waals surface area contributed by atoms with E-state index in [1.807, 2.05) is 0 Å². The zero-order valence-electron chi connectivity index (χ0n) is 10.8. The molecule has 4 atom stereocenters. The maximum atomic E-state index is 9.47. The van der Waals surface area contributed by atoms with Crippen LogP contribution in [0.15, 0.2) is 0 Å². The van der Waals surface area contributed by atoms with Gasteiger partial charge in [0.05, 0.1) is 0 Å². The van der Waals surface area contributed by atoms with Gasteiger partial charge in [0.1, 0.15) is 0 Å². The zero-order chi connectivity index (χ0) is 15.3. The molecule has 0 rings (SSSR count). The van der Waals surface area contributed by atoms with Crippen molar-refractivity contribution in [3.63, 3.8) is 0 Å². The van der Waals surface area contributed by atoms with Crippen molar-refractivity contribution >= 4 is 9.05 Å². The predicted molar refractivity (Wildman–Crippen MR) is 59.4 cm³/mol. The van der Waals surface area contributed by atoms with Gasteiger partial charge >= 0.3 is 9.05 Å². The maximum Gasteiger partial charge on any atom is 0.404 e. The molecular formula is C8H23NO8Si. The van der Waals surface area contributed by atoms with Crippen molar-refractivity contribution in [1.82, 2.24) is 0 Å². The van der Waals surface area contributed by atoms with Crippen molar-refractivity contribution in [3.8, 4) is 0 Å². The molecular weight excluding hydrogens is 266 g/mol. The second-order valence-corrected chi connectivity index (χ2v) is 5.14. The smallest absolute Gasteiger partial charge is 0.404 e. The molecule has 10 heteroatoms. The van der Waals surface area contributed by atoms with Crippen LogP contribution in [0.3, 0.4) is 0 Å². The van der Waals surface area contributed by atoms with Crippen molar-refractivity contribution < 1.29 is 44.1 Å². The molecule has 0 saturated carbocycles. The van der Waals surface area contributed by atoms with Crippen molar-refractivity contribution in [3.05, 3.63) is 0 Å². The van der Waals surface area contributed by atoms with E-state index in [1.54, 1.807) is 0 Å². The minimum Gasteiger partial charge on any atom is -0.794 e. The summed E-state index contributed by atoms with van der Waals surface area (Å²) in [6.45, 7) is 5.69. The van der Waals surface area contributed by atoms with Crippen LogP contribution >= 0.6 is 0 Å². The van der Waals surface area contributed by atoms with E-state index in [0.29, 0.717) is 0 Å². The molecule has 0 aromatic heterocycles. The van der Waals surface area contributed by atoms with Gasteiger partial charge in [0.2, 0.25) is 0 Å². The van der Waals surface area contributed by atoms with E-state index in [-0.39, 0.29) is 0 Å². The van der Waals surface area contributed by atoms with Crippen molar-refractivity contribution in [1.29, 1.82) is 0 Å². The molecule has 0 heterocycles. The van der Waals surface area contributed by atoms with Gasteiger partial charge in [-0.1, -0.05) is 0 Å². The highest BCUT2D eigenvalue weighted by atomic mass is 28.4. The molecule has 18 heavy (non-hydrogen) atoms. The summed E-state index contributed by atoms with van der Waals surface area (Å²) in [5.41, 5.74) is 0. The molecule has 7 N–H and O–H groups in total. The van der Waals surface area contributed by atoms with Crippen LogP contribution in [0, 0.1) is 0 Å². The van der Waals surface area contributed by atoms with Crippen LogP contribution in [0.1, 0.15) is 27.7 Å². The summed E-state index contributed by atoms with van der Waals surface area (Å²) in [4.78, 5) is 30.6. The van der Waals surface area contributed by atoms with Crippen LogP contribution in [0.4, 0.5) is 0 Å². The summed E-state index contributed by atoms with van der Waals surface area (Å²) in [6, 6.07) is 0. The standard InChI is InChI=1S/C8H20NO4.H3O4Si/c1-5(10)9(6(2)11,7(3)12)8(4)13;1-5(2,3)4/h5-8,10-13H,1-4H3;1-3H/q+1;-1. The maximum absolute atomic E-state index is 9.47. The highest BCUT2D eigenvalue weighted by Crippen LogP contribution is 2.24. The highest BCUT2D eigenvalue weighted by Gasteiger charge is 2.46. The average molecular weight is 289 g/mol. The Kier molecular flexibility index (Phi) is 8.35. The van der Waals surface area contributed by atoms with Gasteiger partial charge in [-0.3, -0.25) is 0 Å². The van der Waals surface area contributed by atoms with Gasteiger partial charge in [0, 0.05) is 27.7 Å². The molecule has 0 aliphatic carbocycles. The number of aliphatic hydroxyl groups is 4. The molecule has 0 bridgehead atoms. The quantitative estimate of drug-likeness (QED) is 0.156. The highest BCUT2D eigenvalue weighted by molar-refractivity contribution is 6.44. The van der Waals surface area contributed by atoms with Gasteiger partial charge in [0.15, 0.2) is 24.9 Å². The number of aliphatic hydroxyl groups excluding tert-OH is 4. The fourth-order valence-corrected chi connectivity index (χ4v) is 1.87. The summed E-state index contributed by atoms with van der Waals surface area (Å²) in [5.74, 6) is 0. The number of quaternary nitrogens is 1. The molecule has 9 nitrogen and oxygen atoms in total. The first kappa shape index (κ1) is 20.2. The SMILES string of the molecule is CC(O)[N+](C(C)O)(C(C)O)C(C)O.[O-][Si](O)(O)O. The first-order chi connectivity index (χ1) is 7.77. The van der Waals surface area contributed by atoms with E-state index in [0.717, 1.165) is 0 Å². The Labute approximate surface area is 106 Å². The van der Waals surface area contributed by atoms with Gasteiger partial charge < -0.3 is 39.6 Å². The Morgan fingerprint density at radius 1 is 0.722 bits per heavy atom. The van der Waals surface area contributed by atoms with E-state index < -0.39 is 38.4 Å². The van der Waals surface area contributed by atoms with E-state index in [1.165, 1.54) is 27.7 Å². The number of hydrogen-bond acceptors (Lipinski definition) is 8. The summed E-state index contributed by atoms with van der Waals surface area (Å²) in [5, 5.41) is 37.9. The van der Waals surface area contributed by atoms with Crippen LogP contribution in [-0.4, -0.2) is 73.3 Å². The normalized spacial score (nSPS) is 22.0. The van der Waals surface area contributed by atoms with E-state index in [9.17, 15) is 20.4 Å². The van der Waals surface area contributed by atoms with Crippen molar-refractivity contribution in [2.75, 3.05) is 0 Å². The Morgan fingerprint density at radius 2 is 0.833 bits per heavy atom. The van der Waals surface area contributed by atoms with Crippen molar-refractivity contribution in [2.45, 2.75) is 52.6 Å². The number of nitrogens with zero attached hydrogens (tertiary/aromatic N) is 1. The fourth-order valence-electron chi connectivity index (χ4n) is 1.87. The molecule has 0 aromatic rings. The largest absolute Gasteiger partial charge is 0.794 e. The van der Waals surface area contributed by atoms with E-state index >= 15 is 0 Å². The lowest BCUT2D eigenvalue weighted by atomic mass is 10.2. The molecule has 0 aliphatic heterocycles. The Bertz CT molecular complexity index is 184. The van der Waals surface area contributed by atoms with Crippen LogP contribution in [0.2, 0.25) is 0 Å². The summed E-state index contributed by atoms with van der Waals surface area (Å²) < 4.78 is -0.556. The summed E-state index contributed by atoms with van der Waals surface area (Å²) in [7, 11) is -4.86. The third-order valence-corrected chi connectivity index (χ3v) is 2.59. The van der Waals surface area contributed by atoms with Gasteiger partial charge in [-0.2, -0.15) is 0 Å². The molecule has 0 fully saturated rings. The van der Waals surface area contributed by atoms with Gasteiger partial charge in [0.25, 0.3) is 0 Å². The first-order valence-electron chi connectivity index (χ1n) is 5.25. The predicted octanol–water partition coefficient (Wildman–Crippen LogP) is -4.08. The summed E-state index contributed by atoms with van der Waals surface area (Å²) >= 11 is 0. The molecule has 0 spiro atoms. The molecule has 0 saturated heterocycles. The monoisotopic (exact) mass is 289 g/mol. The van der Waals surface area contributed by atoms with Gasteiger partial charge in [-0.25, -0.2) is 4.48 Å². The molecule has 0 aromatic carbocycles. The van der Waals surface area contributed by atoms with Crippen LogP contribution in [0.25, 0.3) is 0 Å². The molecule has 0 amide bonds.